The molecule has 0 atom stereocenters. The summed E-state index contributed by atoms with van der Waals surface area (Å²) < 4.78 is 4.37. The highest BCUT2D eigenvalue weighted by atomic mass is 32.1. The largest absolute Gasteiger partial charge is 0.291 e. The van der Waals surface area contributed by atoms with E-state index >= 15 is 0 Å². The minimum Gasteiger partial charge on any atom is -0.291 e. The molecule has 3 heterocycles. The van der Waals surface area contributed by atoms with Crippen LogP contribution in [0.4, 0.5) is 0 Å². The minimum absolute atomic E-state index is 0.720. The molecule has 0 radical (unpaired) electrons. The molecule has 5 nitrogen and oxygen atoms in total. The zero-order valence-corrected chi connectivity index (χ0v) is 10.6. The fourth-order valence-corrected chi connectivity index (χ4v) is 2.12. The average molecular weight is 257 g/mol. The second kappa shape index (κ2) is 4.23. The molecule has 0 aliphatic rings. The molecule has 0 bridgehead atoms. The zero-order chi connectivity index (χ0) is 12.5. The number of aromatic amines is 1. The Morgan fingerprint density at radius 3 is 2.61 bits per heavy atom. The van der Waals surface area contributed by atoms with E-state index < -0.39 is 0 Å². The molecule has 3 rings (SSSR count). The highest BCUT2D eigenvalue weighted by Gasteiger charge is 2.07. The quantitative estimate of drug-likeness (QED) is 0.717. The Morgan fingerprint density at radius 2 is 1.94 bits per heavy atom. The van der Waals surface area contributed by atoms with Gasteiger partial charge in [0.2, 0.25) is 0 Å². The van der Waals surface area contributed by atoms with E-state index in [1.165, 1.54) is 0 Å². The normalized spacial score (nSPS) is 10.7. The van der Waals surface area contributed by atoms with Gasteiger partial charge in [0.25, 0.3) is 0 Å². The van der Waals surface area contributed by atoms with Crippen molar-refractivity contribution < 1.29 is 0 Å². The molecule has 3 aromatic rings. The topological polar surface area (TPSA) is 51.4 Å². The number of rotatable bonds is 2. The van der Waals surface area contributed by atoms with Gasteiger partial charge in [0.15, 0.2) is 0 Å². The van der Waals surface area contributed by atoms with Gasteiger partial charge in [0.1, 0.15) is 4.64 Å². The van der Waals surface area contributed by atoms with Crippen LogP contribution in [0.1, 0.15) is 0 Å². The standard InChI is InChI=1S/C12H11N5S/c1-16-11(4-7-14-16)10-8-12(18)17(15-10)9-2-5-13-6-3-9/h2-8,15H,1H3. The molecule has 90 valence electrons. The van der Waals surface area contributed by atoms with Crippen LogP contribution in [0.15, 0.2) is 42.9 Å². The molecule has 18 heavy (non-hydrogen) atoms. The molecule has 0 aliphatic heterocycles. The Bertz CT molecular complexity index is 722. The zero-order valence-electron chi connectivity index (χ0n) is 9.74. The highest BCUT2D eigenvalue weighted by Crippen LogP contribution is 2.18. The van der Waals surface area contributed by atoms with E-state index in [4.69, 9.17) is 12.2 Å². The van der Waals surface area contributed by atoms with E-state index in [0.29, 0.717) is 0 Å². The lowest BCUT2D eigenvalue weighted by Crippen LogP contribution is -1.98. The Balaban J connectivity index is 2.13. The van der Waals surface area contributed by atoms with Gasteiger partial charge in [-0.2, -0.15) is 5.10 Å². The second-order valence-electron chi connectivity index (χ2n) is 3.89. The molecule has 0 fully saturated rings. The van der Waals surface area contributed by atoms with Crippen LogP contribution in [0.5, 0.6) is 0 Å². The molecule has 3 aromatic heterocycles. The number of H-pyrrole nitrogens is 1. The van der Waals surface area contributed by atoms with Crippen LogP contribution in [-0.4, -0.2) is 24.5 Å². The van der Waals surface area contributed by atoms with Crippen molar-refractivity contribution in [3.05, 3.63) is 47.5 Å². The van der Waals surface area contributed by atoms with Gasteiger partial charge in [-0.3, -0.25) is 14.8 Å². The Kier molecular flexibility index (Phi) is 2.56. The van der Waals surface area contributed by atoms with Crippen molar-refractivity contribution in [2.75, 3.05) is 0 Å². The van der Waals surface area contributed by atoms with Crippen LogP contribution in [0, 0.1) is 4.64 Å². The van der Waals surface area contributed by atoms with Gasteiger partial charge in [-0.15, -0.1) is 0 Å². The number of aryl methyl sites for hydroxylation is 1. The van der Waals surface area contributed by atoms with Gasteiger partial charge >= 0.3 is 0 Å². The Labute approximate surface area is 109 Å². The Hall–Kier alpha value is -2.21. The number of nitrogens with one attached hydrogen (secondary N) is 1. The second-order valence-corrected chi connectivity index (χ2v) is 4.31. The lowest BCUT2D eigenvalue weighted by atomic mass is 10.3. The van der Waals surface area contributed by atoms with Gasteiger partial charge in [-0.25, -0.2) is 4.68 Å². The van der Waals surface area contributed by atoms with Crippen molar-refractivity contribution >= 4 is 12.2 Å². The summed E-state index contributed by atoms with van der Waals surface area (Å²) in [5.41, 5.74) is 2.90. The predicted octanol–water partition coefficient (Wildman–Crippen LogP) is 2.33. The Morgan fingerprint density at radius 1 is 1.17 bits per heavy atom. The summed E-state index contributed by atoms with van der Waals surface area (Å²) in [6.45, 7) is 0. The van der Waals surface area contributed by atoms with E-state index in [1.807, 2.05) is 36.0 Å². The third kappa shape index (κ3) is 1.76. The minimum atomic E-state index is 0.720. The number of aromatic nitrogens is 5. The van der Waals surface area contributed by atoms with Crippen LogP contribution >= 0.6 is 12.2 Å². The lowest BCUT2D eigenvalue weighted by molar-refractivity contribution is 0.769. The van der Waals surface area contributed by atoms with Crippen LogP contribution in [0.3, 0.4) is 0 Å². The first kappa shape index (κ1) is 10.9. The van der Waals surface area contributed by atoms with Crippen LogP contribution < -0.4 is 0 Å². The number of hydrogen-bond donors (Lipinski definition) is 1. The van der Waals surface area contributed by atoms with Gasteiger partial charge in [0, 0.05) is 31.7 Å². The van der Waals surface area contributed by atoms with E-state index in [1.54, 1.807) is 23.3 Å². The van der Waals surface area contributed by atoms with Crippen molar-refractivity contribution in [2.45, 2.75) is 0 Å². The van der Waals surface area contributed by atoms with Gasteiger partial charge in [-0.05, 0) is 18.2 Å². The molecule has 0 saturated heterocycles. The monoisotopic (exact) mass is 257 g/mol. The van der Waals surface area contributed by atoms with E-state index in [9.17, 15) is 0 Å². The molecule has 0 aromatic carbocycles. The van der Waals surface area contributed by atoms with Crippen LogP contribution in [-0.2, 0) is 7.05 Å². The number of nitrogens with zero attached hydrogens (tertiary/aromatic N) is 4. The van der Waals surface area contributed by atoms with Gasteiger partial charge in [0.05, 0.1) is 17.1 Å². The third-order valence-electron chi connectivity index (χ3n) is 2.74. The van der Waals surface area contributed by atoms with Gasteiger partial charge in [-0.1, -0.05) is 12.2 Å². The summed E-state index contributed by atoms with van der Waals surface area (Å²) in [5.74, 6) is 0. The van der Waals surface area contributed by atoms with Crippen molar-refractivity contribution in [3.63, 3.8) is 0 Å². The van der Waals surface area contributed by atoms with Crippen molar-refractivity contribution in [3.8, 4) is 17.1 Å². The summed E-state index contributed by atoms with van der Waals surface area (Å²) in [6.07, 6.45) is 5.24. The molecular weight excluding hydrogens is 246 g/mol. The maximum absolute atomic E-state index is 5.35. The summed E-state index contributed by atoms with van der Waals surface area (Å²) in [5, 5.41) is 7.41. The van der Waals surface area contributed by atoms with Crippen LogP contribution in [0.25, 0.3) is 17.1 Å². The molecule has 0 saturated carbocycles. The van der Waals surface area contributed by atoms with E-state index in [2.05, 4.69) is 15.2 Å². The van der Waals surface area contributed by atoms with Gasteiger partial charge < -0.3 is 0 Å². The van der Waals surface area contributed by atoms with Crippen LogP contribution in [0.2, 0.25) is 0 Å². The molecule has 1 N–H and O–H groups in total. The molecule has 0 unspecified atom stereocenters. The SMILES string of the molecule is Cn1nccc1-c1cc(=S)n(-c2ccncc2)[nH]1. The molecule has 0 spiro atoms. The highest BCUT2D eigenvalue weighted by molar-refractivity contribution is 7.71. The van der Waals surface area contributed by atoms with E-state index in [-0.39, 0.29) is 0 Å². The molecular formula is C12H11N5S. The van der Waals surface area contributed by atoms with Crippen molar-refractivity contribution in [2.24, 2.45) is 7.05 Å². The summed E-state index contributed by atoms with van der Waals surface area (Å²) in [7, 11) is 1.90. The lowest BCUT2D eigenvalue weighted by Gasteiger charge is -2.02. The fourth-order valence-electron chi connectivity index (χ4n) is 1.85. The first-order chi connectivity index (χ1) is 8.75. The average Bonchev–Trinajstić information content (AvgIpc) is 2.96. The number of hydrogen-bond acceptors (Lipinski definition) is 3. The van der Waals surface area contributed by atoms with E-state index in [0.717, 1.165) is 21.7 Å². The van der Waals surface area contributed by atoms with Crippen molar-refractivity contribution in [1.29, 1.82) is 0 Å². The maximum atomic E-state index is 5.35. The fraction of sp³-hybridized carbons (Fsp3) is 0.0833. The summed E-state index contributed by atoms with van der Waals surface area (Å²) in [4.78, 5) is 4.00. The first-order valence-corrected chi connectivity index (χ1v) is 5.87. The molecule has 0 aliphatic carbocycles. The predicted molar refractivity (Wildman–Crippen MR) is 71.0 cm³/mol. The number of pyridine rings is 1. The molecule has 6 heteroatoms. The smallest absolute Gasteiger partial charge is 0.128 e. The first-order valence-electron chi connectivity index (χ1n) is 5.46. The summed E-state index contributed by atoms with van der Waals surface area (Å²) in [6, 6.07) is 7.67. The maximum Gasteiger partial charge on any atom is 0.128 e. The summed E-state index contributed by atoms with van der Waals surface area (Å²) >= 11 is 5.35. The third-order valence-corrected chi connectivity index (χ3v) is 3.04. The molecule has 0 amide bonds. The van der Waals surface area contributed by atoms with Crippen molar-refractivity contribution in [1.82, 2.24) is 24.5 Å².